The third-order valence-electron chi connectivity index (χ3n) is 5.40. The summed E-state index contributed by atoms with van der Waals surface area (Å²) in [5.41, 5.74) is 0.327. The van der Waals surface area contributed by atoms with Crippen LogP contribution in [0.15, 0.2) is 36.4 Å². The zero-order valence-electron chi connectivity index (χ0n) is 16.6. The minimum atomic E-state index is -4.79. The molecule has 0 aromatic heterocycles. The number of alkyl halides is 3. The standard InChI is InChI=1S/C21H17F4N3O4/c1-10-17(13-5-14(21(23,24)25)7-15(22)6-13)32-20(31)28(10)19(30)27-9-12-4-2-3-11-8-26-18(29)16(11)12/h2-7,10,17H,8-9H2,1H3,(H,26,29)(H,27,30)/t10-,17-/m0/s1. The number of urea groups is 1. The zero-order chi connectivity index (χ0) is 23.2. The van der Waals surface area contributed by atoms with E-state index in [1.807, 2.05) is 0 Å². The highest BCUT2D eigenvalue weighted by atomic mass is 19.4. The Morgan fingerprint density at radius 2 is 2.00 bits per heavy atom. The second-order valence-corrected chi connectivity index (χ2v) is 7.48. The minimum Gasteiger partial charge on any atom is -0.439 e. The molecule has 7 nitrogen and oxygen atoms in total. The fraction of sp³-hybridized carbons (Fsp3) is 0.286. The normalized spacial score (nSPS) is 20.1. The van der Waals surface area contributed by atoms with E-state index in [1.54, 1.807) is 18.2 Å². The van der Waals surface area contributed by atoms with Gasteiger partial charge in [0.05, 0.1) is 11.6 Å². The lowest BCUT2D eigenvalue weighted by Gasteiger charge is -2.20. The first-order valence-electron chi connectivity index (χ1n) is 9.60. The van der Waals surface area contributed by atoms with Crippen molar-refractivity contribution in [3.05, 3.63) is 70.0 Å². The monoisotopic (exact) mass is 451 g/mol. The van der Waals surface area contributed by atoms with Crippen LogP contribution in [0.1, 0.15) is 45.6 Å². The predicted octanol–water partition coefficient (Wildman–Crippen LogP) is 3.88. The van der Waals surface area contributed by atoms with Crippen LogP contribution in [-0.4, -0.2) is 29.0 Å². The molecule has 0 spiro atoms. The number of imide groups is 1. The third kappa shape index (κ3) is 3.85. The number of halogens is 4. The lowest BCUT2D eigenvalue weighted by atomic mass is 10.0. The quantitative estimate of drug-likeness (QED) is 0.694. The molecule has 0 unspecified atom stereocenters. The number of hydrogen-bond acceptors (Lipinski definition) is 4. The molecule has 11 heteroatoms. The highest BCUT2D eigenvalue weighted by Gasteiger charge is 2.44. The number of fused-ring (bicyclic) bond motifs is 1. The molecule has 2 aromatic rings. The van der Waals surface area contributed by atoms with E-state index in [-0.39, 0.29) is 18.0 Å². The molecule has 0 bridgehead atoms. The molecule has 2 aliphatic rings. The molecule has 2 N–H and O–H groups in total. The molecule has 2 aromatic carbocycles. The van der Waals surface area contributed by atoms with Crippen LogP contribution in [0.3, 0.4) is 0 Å². The van der Waals surface area contributed by atoms with Gasteiger partial charge in [-0.25, -0.2) is 18.9 Å². The first kappa shape index (κ1) is 21.6. The van der Waals surface area contributed by atoms with Crippen LogP contribution in [0.25, 0.3) is 0 Å². The zero-order valence-corrected chi connectivity index (χ0v) is 16.6. The molecule has 168 valence electrons. The molecule has 2 aliphatic heterocycles. The largest absolute Gasteiger partial charge is 0.439 e. The fourth-order valence-corrected chi connectivity index (χ4v) is 3.88. The molecule has 0 saturated carbocycles. The van der Waals surface area contributed by atoms with Crippen LogP contribution in [0, 0.1) is 5.82 Å². The minimum absolute atomic E-state index is 0.0607. The summed E-state index contributed by atoms with van der Waals surface area (Å²) in [5.74, 6) is -1.41. The van der Waals surface area contributed by atoms with Crippen molar-refractivity contribution in [2.75, 3.05) is 0 Å². The maximum Gasteiger partial charge on any atom is 0.419 e. The fourth-order valence-electron chi connectivity index (χ4n) is 3.88. The first-order chi connectivity index (χ1) is 15.1. The number of nitrogens with zero attached hydrogens (tertiary/aromatic N) is 1. The Morgan fingerprint density at radius 1 is 1.25 bits per heavy atom. The summed E-state index contributed by atoms with van der Waals surface area (Å²) in [6.45, 7) is 1.72. The van der Waals surface area contributed by atoms with Crippen molar-refractivity contribution in [2.24, 2.45) is 0 Å². The van der Waals surface area contributed by atoms with E-state index in [1.165, 1.54) is 6.92 Å². The van der Waals surface area contributed by atoms with Crippen LogP contribution in [0.2, 0.25) is 0 Å². The van der Waals surface area contributed by atoms with E-state index in [4.69, 9.17) is 4.74 Å². The summed E-state index contributed by atoms with van der Waals surface area (Å²) >= 11 is 0. The Kier molecular flexibility index (Phi) is 5.27. The van der Waals surface area contributed by atoms with Gasteiger partial charge in [-0.15, -0.1) is 0 Å². The topological polar surface area (TPSA) is 87.7 Å². The smallest absolute Gasteiger partial charge is 0.419 e. The molecule has 1 fully saturated rings. The molecule has 4 amide bonds. The van der Waals surface area contributed by atoms with Gasteiger partial charge < -0.3 is 15.4 Å². The van der Waals surface area contributed by atoms with Crippen LogP contribution in [-0.2, 0) is 24.0 Å². The average Bonchev–Trinajstić information content (AvgIpc) is 3.25. The van der Waals surface area contributed by atoms with Gasteiger partial charge in [0.25, 0.3) is 5.91 Å². The van der Waals surface area contributed by atoms with Crippen molar-refractivity contribution in [1.82, 2.24) is 15.5 Å². The molecule has 1 saturated heterocycles. The van der Waals surface area contributed by atoms with Crippen LogP contribution in [0.4, 0.5) is 27.2 Å². The second-order valence-electron chi connectivity index (χ2n) is 7.48. The highest BCUT2D eigenvalue weighted by molar-refractivity contribution is 6.00. The van der Waals surface area contributed by atoms with Crippen LogP contribution < -0.4 is 10.6 Å². The number of carbonyl (C=O) groups excluding carboxylic acids is 3. The Morgan fingerprint density at radius 3 is 2.72 bits per heavy atom. The lowest BCUT2D eigenvalue weighted by Crippen LogP contribution is -2.44. The van der Waals surface area contributed by atoms with Gasteiger partial charge in [0.15, 0.2) is 0 Å². The van der Waals surface area contributed by atoms with E-state index >= 15 is 0 Å². The second kappa shape index (κ2) is 7.81. The number of amides is 4. The van der Waals surface area contributed by atoms with E-state index in [0.29, 0.717) is 34.7 Å². The highest BCUT2D eigenvalue weighted by Crippen LogP contribution is 2.37. The van der Waals surface area contributed by atoms with Crippen molar-refractivity contribution in [3.8, 4) is 0 Å². The van der Waals surface area contributed by atoms with Gasteiger partial charge in [0.2, 0.25) is 0 Å². The number of benzene rings is 2. The van der Waals surface area contributed by atoms with Gasteiger partial charge in [-0.05, 0) is 41.8 Å². The van der Waals surface area contributed by atoms with Crippen LogP contribution >= 0.6 is 0 Å². The number of nitrogens with one attached hydrogen (secondary N) is 2. The summed E-state index contributed by atoms with van der Waals surface area (Å²) in [7, 11) is 0. The summed E-state index contributed by atoms with van der Waals surface area (Å²) in [4.78, 5) is 37.7. The number of rotatable bonds is 3. The van der Waals surface area contributed by atoms with E-state index in [2.05, 4.69) is 10.6 Å². The molecule has 32 heavy (non-hydrogen) atoms. The molecule has 4 rings (SSSR count). The molecule has 0 aliphatic carbocycles. The number of ether oxygens (including phenoxy) is 1. The number of carbonyl (C=O) groups is 3. The summed E-state index contributed by atoms with van der Waals surface area (Å²) in [5, 5.41) is 5.20. The number of hydrogen-bond donors (Lipinski definition) is 2. The van der Waals surface area contributed by atoms with Crippen molar-refractivity contribution < 1.29 is 36.7 Å². The molecule has 2 atom stereocenters. The first-order valence-corrected chi connectivity index (χ1v) is 9.60. The Hall–Kier alpha value is -3.63. The van der Waals surface area contributed by atoms with Crippen molar-refractivity contribution >= 4 is 18.0 Å². The number of cyclic esters (lactones) is 1. The van der Waals surface area contributed by atoms with Gasteiger partial charge in [0.1, 0.15) is 11.9 Å². The Bertz CT molecular complexity index is 1120. The maximum absolute atomic E-state index is 13.8. The predicted molar refractivity (Wildman–Crippen MR) is 102 cm³/mol. The molecular formula is C21H17F4N3O4. The van der Waals surface area contributed by atoms with Crippen molar-refractivity contribution in [2.45, 2.75) is 38.3 Å². The van der Waals surface area contributed by atoms with Gasteiger partial charge in [-0.3, -0.25) is 4.79 Å². The average molecular weight is 451 g/mol. The SMILES string of the molecule is C[C@H]1[C@@H](c2cc(F)cc(C(F)(F)F)c2)OC(=O)N1C(=O)NCc1cccc2c1C(=O)NC2. The van der Waals surface area contributed by atoms with Gasteiger partial charge in [0, 0.05) is 18.7 Å². The van der Waals surface area contributed by atoms with Gasteiger partial charge in [-0.2, -0.15) is 13.2 Å². The molecular weight excluding hydrogens is 434 g/mol. The van der Waals surface area contributed by atoms with Crippen LogP contribution in [0.5, 0.6) is 0 Å². The Labute approximate surface area is 179 Å². The van der Waals surface area contributed by atoms with Gasteiger partial charge >= 0.3 is 18.3 Å². The van der Waals surface area contributed by atoms with Crippen molar-refractivity contribution in [3.63, 3.8) is 0 Å². The summed E-state index contributed by atoms with van der Waals surface area (Å²) in [6, 6.07) is 5.15. The van der Waals surface area contributed by atoms with Crippen molar-refractivity contribution in [1.29, 1.82) is 0 Å². The summed E-state index contributed by atoms with van der Waals surface area (Å²) in [6.07, 6.45) is -7.15. The van der Waals surface area contributed by atoms with E-state index in [9.17, 15) is 31.9 Å². The van der Waals surface area contributed by atoms with E-state index in [0.717, 1.165) is 11.6 Å². The lowest BCUT2D eigenvalue weighted by molar-refractivity contribution is -0.137. The molecule has 0 radical (unpaired) electrons. The van der Waals surface area contributed by atoms with E-state index < -0.39 is 41.8 Å². The third-order valence-corrected chi connectivity index (χ3v) is 5.40. The Balaban J connectivity index is 1.51. The van der Waals surface area contributed by atoms with Gasteiger partial charge in [-0.1, -0.05) is 18.2 Å². The molecule has 2 heterocycles. The summed E-state index contributed by atoms with van der Waals surface area (Å²) < 4.78 is 57.9. The maximum atomic E-state index is 13.8.